The van der Waals surface area contributed by atoms with Gasteiger partial charge in [-0.2, -0.15) is 13.2 Å². The van der Waals surface area contributed by atoms with E-state index in [-0.39, 0.29) is 28.3 Å². The zero-order valence-corrected chi connectivity index (χ0v) is 20.7. The number of benzene rings is 1. The van der Waals surface area contributed by atoms with Crippen LogP contribution >= 0.6 is 0 Å². The first-order valence-electron chi connectivity index (χ1n) is 10.9. The molecule has 1 fully saturated rings. The lowest BCUT2D eigenvalue weighted by Crippen LogP contribution is -2.45. The van der Waals surface area contributed by atoms with E-state index in [4.69, 9.17) is 0 Å². The normalized spacial score (nSPS) is 19.0. The molecule has 1 aromatic carbocycles. The molecule has 0 bridgehead atoms. The fourth-order valence-electron chi connectivity index (χ4n) is 4.25. The summed E-state index contributed by atoms with van der Waals surface area (Å²) in [6.45, 7) is 1.86. The molecule has 8 nitrogen and oxygen atoms in total. The Kier molecular flexibility index (Phi) is 6.60. The molecule has 1 aliphatic carbocycles. The van der Waals surface area contributed by atoms with Gasteiger partial charge in [0.25, 0.3) is 10.0 Å². The van der Waals surface area contributed by atoms with Crippen LogP contribution < -0.4 is 4.90 Å². The van der Waals surface area contributed by atoms with Crippen molar-refractivity contribution >= 4 is 36.7 Å². The van der Waals surface area contributed by atoms with Crippen LogP contribution in [0, 0.1) is 12.8 Å². The Morgan fingerprint density at radius 2 is 1.71 bits per heavy atom. The van der Waals surface area contributed by atoms with Gasteiger partial charge in [-0.05, 0) is 43.9 Å². The van der Waals surface area contributed by atoms with Crippen LogP contribution in [-0.4, -0.2) is 61.5 Å². The predicted molar refractivity (Wildman–Crippen MR) is 126 cm³/mol. The van der Waals surface area contributed by atoms with Crippen LogP contribution in [0.1, 0.15) is 24.8 Å². The number of nitrogens with zero attached hydrogens (tertiary/aromatic N) is 4. The van der Waals surface area contributed by atoms with Gasteiger partial charge in [-0.25, -0.2) is 30.8 Å². The summed E-state index contributed by atoms with van der Waals surface area (Å²) < 4.78 is 88.6. The maximum absolute atomic E-state index is 13.2. The lowest BCUT2D eigenvalue weighted by Gasteiger charge is -2.41. The van der Waals surface area contributed by atoms with Gasteiger partial charge < -0.3 is 4.90 Å². The highest BCUT2D eigenvalue weighted by Crippen LogP contribution is 2.37. The smallest absolute Gasteiger partial charge is 0.356 e. The third-order valence-corrected chi connectivity index (χ3v) is 9.77. The van der Waals surface area contributed by atoms with Crippen LogP contribution in [0.5, 0.6) is 0 Å². The average molecular weight is 531 g/mol. The van der Waals surface area contributed by atoms with Crippen molar-refractivity contribution in [3.8, 4) is 0 Å². The molecule has 0 aliphatic heterocycles. The number of alkyl halides is 3. The first-order chi connectivity index (χ1) is 16.3. The van der Waals surface area contributed by atoms with Gasteiger partial charge in [-0.3, -0.25) is 0 Å². The van der Waals surface area contributed by atoms with Crippen molar-refractivity contribution in [2.45, 2.75) is 43.3 Å². The van der Waals surface area contributed by atoms with Gasteiger partial charge in [0, 0.05) is 19.3 Å². The highest BCUT2D eigenvalue weighted by Gasteiger charge is 2.37. The molecule has 0 spiro atoms. The Morgan fingerprint density at radius 3 is 2.34 bits per heavy atom. The standard InChI is InChI=1S/C22H25F3N4O4S2/c1-15-3-5-18(6-4-15)35(32,33)29-9-7-19-20(26-14-27-21(19)29)28(2)17-11-16(12-17)13-34(30,31)10-8-22(23,24)25/h3-7,9,14,16-17H,8,10-13H2,1-2H3/t16-,17-. The molecule has 0 saturated heterocycles. The Labute approximate surface area is 201 Å². The summed E-state index contributed by atoms with van der Waals surface area (Å²) >= 11 is 0. The summed E-state index contributed by atoms with van der Waals surface area (Å²) in [6, 6.07) is 8.02. The van der Waals surface area contributed by atoms with E-state index in [0.29, 0.717) is 24.0 Å². The predicted octanol–water partition coefficient (Wildman–Crippen LogP) is 3.56. The minimum absolute atomic E-state index is 0.0760. The van der Waals surface area contributed by atoms with Crippen molar-refractivity contribution in [1.29, 1.82) is 0 Å². The maximum Gasteiger partial charge on any atom is 0.390 e. The quantitative estimate of drug-likeness (QED) is 0.439. The van der Waals surface area contributed by atoms with Crippen molar-refractivity contribution < 1.29 is 30.0 Å². The average Bonchev–Trinajstić information content (AvgIpc) is 3.19. The highest BCUT2D eigenvalue weighted by molar-refractivity contribution is 7.91. The minimum atomic E-state index is -4.50. The minimum Gasteiger partial charge on any atom is -0.356 e. The molecule has 190 valence electrons. The Morgan fingerprint density at radius 1 is 1.06 bits per heavy atom. The summed E-state index contributed by atoms with van der Waals surface area (Å²) in [7, 11) is -5.91. The zero-order chi connectivity index (χ0) is 25.6. The third kappa shape index (κ3) is 5.45. The Balaban J connectivity index is 1.49. The van der Waals surface area contributed by atoms with Crippen LogP contribution in [0.25, 0.3) is 11.0 Å². The largest absolute Gasteiger partial charge is 0.390 e. The molecule has 3 aromatic rings. The number of sulfone groups is 1. The van der Waals surface area contributed by atoms with E-state index in [1.54, 1.807) is 25.2 Å². The second kappa shape index (κ2) is 9.08. The molecule has 1 aliphatic rings. The van der Waals surface area contributed by atoms with E-state index in [0.717, 1.165) is 9.54 Å². The first kappa shape index (κ1) is 25.4. The summed E-state index contributed by atoms with van der Waals surface area (Å²) in [4.78, 5) is 10.5. The lowest BCUT2D eigenvalue weighted by molar-refractivity contribution is -0.129. The molecule has 2 heterocycles. The molecule has 13 heteroatoms. The van der Waals surface area contributed by atoms with Gasteiger partial charge in [-0.15, -0.1) is 0 Å². The van der Waals surface area contributed by atoms with E-state index in [1.165, 1.54) is 24.7 Å². The number of anilines is 1. The molecule has 0 N–H and O–H groups in total. The summed E-state index contributed by atoms with van der Waals surface area (Å²) in [5, 5.41) is 0.520. The fraction of sp³-hybridized carbons (Fsp3) is 0.455. The zero-order valence-electron chi connectivity index (χ0n) is 19.1. The number of aromatic nitrogens is 3. The van der Waals surface area contributed by atoms with Crippen LogP contribution in [0.4, 0.5) is 19.0 Å². The second-order valence-electron chi connectivity index (χ2n) is 8.95. The van der Waals surface area contributed by atoms with Crippen molar-refractivity contribution in [3.63, 3.8) is 0 Å². The second-order valence-corrected chi connectivity index (χ2v) is 13.0. The van der Waals surface area contributed by atoms with E-state index in [1.807, 2.05) is 11.8 Å². The number of fused-ring (bicyclic) bond motifs is 1. The fourth-order valence-corrected chi connectivity index (χ4v) is 7.25. The molecule has 0 radical (unpaired) electrons. The van der Waals surface area contributed by atoms with Crippen molar-refractivity contribution in [2.24, 2.45) is 5.92 Å². The summed E-state index contributed by atoms with van der Waals surface area (Å²) in [5.74, 6) is -0.915. The number of rotatable bonds is 8. The van der Waals surface area contributed by atoms with Gasteiger partial charge in [-0.1, -0.05) is 17.7 Å². The number of aryl methyl sites for hydroxylation is 1. The van der Waals surface area contributed by atoms with Crippen molar-refractivity contribution in [3.05, 3.63) is 48.4 Å². The highest BCUT2D eigenvalue weighted by atomic mass is 32.2. The molecule has 4 rings (SSSR count). The topological polar surface area (TPSA) is 102 Å². The van der Waals surface area contributed by atoms with Crippen molar-refractivity contribution in [1.82, 2.24) is 13.9 Å². The first-order valence-corrected chi connectivity index (χ1v) is 14.2. The molecular formula is C22H25F3N4O4S2. The van der Waals surface area contributed by atoms with E-state index >= 15 is 0 Å². The van der Waals surface area contributed by atoms with E-state index in [9.17, 15) is 30.0 Å². The SMILES string of the molecule is Cc1ccc(S(=O)(=O)n2ccc3c(N(C)[C@H]4C[C@H](CS(=O)(=O)CCC(F)(F)F)C4)ncnc32)cc1. The number of halogens is 3. The number of hydrogen-bond donors (Lipinski definition) is 0. The molecule has 35 heavy (non-hydrogen) atoms. The molecule has 1 saturated carbocycles. The monoisotopic (exact) mass is 530 g/mol. The van der Waals surface area contributed by atoms with Gasteiger partial charge in [0.1, 0.15) is 12.1 Å². The van der Waals surface area contributed by atoms with Crippen LogP contribution in [0.15, 0.2) is 47.8 Å². The van der Waals surface area contributed by atoms with Gasteiger partial charge in [0.15, 0.2) is 15.5 Å². The number of hydrogen-bond acceptors (Lipinski definition) is 7. The summed E-state index contributed by atoms with van der Waals surface area (Å²) in [5.41, 5.74) is 1.15. The van der Waals surface area contributed by atoms with Crippen molar-refractivity contribution in [2.75, 3.05) is 23.5 Å². The summed E-state index contributed by atoms with van der Waals surface area (Å²) in [6.07, 6.45) is -2.19. The molecule has 2 aromatic heterocycles. The Bertz CT molecular complexity index is 1430. The van der Waals surface area contributed by atoms with Gasteiger partial charge >= 0.3 is 6.18 Å². The molecule has 0 unspecified atom stereocenters. The van der Waals surface area contributed by atoms with Gasteiger partial charge in [0.2, 0.25) is 0 Å². The van der Waals surface area contributed by atoms with Crippen LogP contribution in [-0.2, 0) is 19.9 Å². The molecule has 0 amide bonds. The van der Waals surface area contributed by atoms with E-state index < -0.39 is 38.2 Å². The molecular weight excluding hydrogens is 505 g/mol. The Hall–Kier alpha value is -2.67. The third-order valence-electron chi connectivity index (χ3n) is 6.28. The maximum atomic E-state index is 13.2. The molecule has 0 atom stereocenters. The van der Waals surface area contributed by atoms with Crippen LogP contribution in [0.2, 0.25) is 0 Å². The van der Waals surface area contributed by atoms with Crippen LogP contribution in [0.3, 0.4) is 0 Å². The lowest BCUT2D eigenvalue weighted by atomic mass is 9.81. The van der Waals surface area contributed by atoms with Gasteiger partial charge in [0.05, 0.1) is 28.2 Å². The van der Waals surface area contributed by atoms with E-state index in [2.05, 4.69) is 9.97 Å².